The Kier molecular flexibility index (Phi) is 4.45. The Bertz CT molecular complexity index is 2740. The summed E-state index contributed by atoms with van der Waals surface area (Å²) in [6.07, 6.45) is 0. The first-order chi connectivity index (χ1) is 21.3. The molecule has 0 atom stereocenters. The van der Waals surface area contributed by atoms with Crippen molar-refractivity contribution < 1.29 is 8.83 Å². The van der Waals surface area contributed by atoms with Gasteiger partial charge in [-0.3, -0.25) is 0 Å². The number of hydrogen-bond donors (Lipinski definition) is 0. The molecule has 7 aromatic carbocycles. The Morgan fingerprint density at radius 2 is 1.09 bits per heavy atom. The lowest BCUT2D eigenvalue weighted by molar-refractivity contribution is 0.670. The van der Waals surface area contributed by atoms with E-state index in [1.54, 1.807) is 0 Å². The third-order valence-electron chi connectivity index (χ3n) is 8.96. The standard InChI is InChI=1S/C40H23NO2/c1-2-10-25-21-26(18-17-24(25)9-1)32-22-27(23-33-29-12-5-8-16-37(29)42-39(32)33)41-34-14-6-3-13-31(34)38-35(41)20-19-30-28-11-4-7-15-36(28)43-40(30)38/h1-23H. The summed E-state index contributed by atoms with van der Waals surface area (Å²) < 4.78 is 15.5. The van der Waals surface area contributed by atoms with E-state index in [-0.39, 0.29) is 0 Å². The van der Waals surface area contributed by atoms with Crippen LogP contribution < -0.4 is 0 Å². The molecule has 0 fully saturated rings. The second-order valence-electron chi connectivity index (χ2n) is 11.3. The topological polar surface area (TPSA) is 31.2 Å². The third kappa shape index (κ3) is 3.14. The Labute approximate surface area is 245 Å². The Morgan fingerprint density at radius 3 is 1.93 bits per heavy atom. The van der Waals surface area contributed by atoms with Gasteiger partial charge < -0.3 is 13.4 Å². The smallest absolute Gasteiger partial charge is 0.145 e. The summed E-state index contributed by atoms with van der Waals surface area (Å²) in [4.78, 5) is 0. The highest BCUT2D eigenvalue weighted by atomic mass is 16.3. The maximum Gasteiger partial charge on any atom is 0.145 e. The largest absolute Gasteiger partial charge is 0.455 e. The molecule has 10 rings (SSSR count). The van der Waals surface area contributed by atoms with Crippen LogP contribution in [0, 0.1) is 0 Å². The molecule has 3 nitrogen and oxygen atoms in total. The summed E-state index contributed by atoms with van der Waals surface area (Å²) in [7, 11) is 0. The molecule has 0 bridgehead atoms. The van der Waals surface area contributed by atoms with Gasteiger partial charge in [-0.1, -0.05) is 91.0 Å². The molecule has 0 saturated carbocycles. The zero-order valence-electron chi connectivity index (χ0n) is 23.0. The summed E-state index contributed by atoms with van der Waals surface area (Å²) in [5.41, 5.74) is 9.18. The van der Waals surface area contributed by atoms with Crippen molar-refractivity contribution in [2.45, 2.75) is 0 Å². The van der Waals surface area contributed by atoms with Crippen LogP contribution >= 0.6 is 0 Å². The minimum atomic E-state index is 0.892. The summed E-state index contributed by atoms with van der Waals surface area (Å²) in [6.45, 7) is 0. The number of rotatable bonds is 2. The van der Waals surface area contributed by atoms with E-state index in [0.29, 0.717) is 0 Å². The summed E-state index contributed by atoms with van der Waals surface area (Å²) in [6, 6.07) is 49.4. The molecule has 0 aliphatic heterocycles. The SMILES string of the molecule is c1ccc2cc(-c3cc(-n4c5ccccc5c5c6oc7ccccc7c6ccc54)cc4c3oc3ccccc34)ccc2c1. The third-order valence-corrected chi connectivity index (χ3v) is 8.96. The van der Waals surface area contributed by atoms with Crippen molar-refractivity contribution in [3.05, 3.63) is 140 Å². The quantitative estimate of drug-likeness (QED) is 0.215. The number of fused-ring (bicyclic) bond motifs is 11. The van der Waals surface area contributed by atoms with Gasteiger partial charge in [-0.2, -0.15) is 0 Å². The first kappa shape index (κ1) is 22.8. The van der Waals surface area contributed by atoms with Gasteiger partial charge in [0.2, 0.25) is 0 Å². The van der Waals surface area contributed by atoms with Crippen molar-refractivity contribution in [3.63, 3.8) is 0 Å². The van der Waals surface area contributed by atoms with Crippen molar-refractivity contribution in [3.8, 4) is 16.8 Å². The molecule has 10 aromatic rings. The van der Waals surface area contributed by atoms with E-state index in [9.17, 15) is 0 Å². The molecule has 3 heteroatoms. The van der Waals surface area contributed by atoms with Crippen LogP contribution in [0.1, 0.15) is 0 Å². The average Bonchev–Trinajstić information content (AvgIpc) is 3.73. The average molecular weight is 550 g/mol. The van der Waals surface area contributed by atoms with E-state index in [0.717, 1.165) is 77.1 Å². The van der Waals surface area contributed by atoms with Gasteiger partial charge in [0, 0.05) is 38.2 Å². The van der Waals surface area contributed by atoms with Gasteiger partial charge >= 0.3 is 0 Å². The Morgan fingerprint density at radius 1 is 0.419 bits per heavy atom. The molecule has 0 aliphatic rings. The fourth-order valence-electron chi connectivity index (χ4n) is 7.03. The lowest BCUT2D eigenvalue weighted by atomic mass is 9.98. The zero-order chi connectivity index (χ0) is 28.1. The molecular formula is C40H23NO2. The van der Waals surface area contributed by atoms with Crippen molar-refractivity contribution in [2.24, 2.45) is 0 Å². The monoisotopic (exact) mass is 549 g/mol. The molecule has 200 valence electrons. The number of nitrogens with zero attached hydrogens (tertiary/aromatic N) is 1. The maximum atomic E-state index is 6.56. The van der Waals surface area contributed by atoms with Crippen LogP contribution in [0.2, 0.25) is 0 Å². The van der Waals surface area contributed by atoms with Crippen molar-refractivity contribution >= 4 is 76.5 Å². The van der Waals surface area contributed by atoms with E-state index < -0.39 is 0 Å². The number of para-hydroxylation sites is 3. The van der Waals surface area contributed by atoms with Crippen LogP contribution in [-0.2, 0) is 0 Å². The molecular weight excluding hydrogens is 526 g/mol. The van der Waals surface area contributed by atoms with Crippen LogP contribution in [-0.4, -0.2) is 4.57 Å². The summed E-state index contributed by atoms with van der Waals surface area (Å²) in [5.74, 6) is 0. The molecule has 0 spiro atoms. The molecule has 0 N–H and O–H groups in total. The minimum Gasteiger partial charge on any atom is -0.455 e. The van der Waals surface area contributed by atoms with Gasteiger partial charge in [-0.05, 0) is 64.9 Å². The van der Waals surface area contributed by atoms with Crippen LogP contribution in [0.4, 0.5) is 0 Å². The second kappa shape index (κ2) is 8.37. The van der Waals surface area contributed by atoms with E-state index in [1.807, 2.05) is 18.2 Å². The predicted octanol–water partition coefficient (Wildman–Crippen LogP) is 11.4. The molecule has 43 heavy (non-hydrogen) atoms. The normalized spacial score (nSPS) is 12.2. The van der Waals surface area contributed by atoms with Crippen molar-refractivity contribution in [2.75, 3.05) is 0 Å². The van der Waals surface area contributed by atoms with E-state index in [4.69, 9.17) is 8.83 Å². The summed E-state index contributed by atoms with van der Waals surface area (Å²) >= 11 is 0. The number of aromatic nitrogens is 1. The van der Waals surface area contributed by atoms with Gasteiger partial charge in [0.25, 0.3) is 0 Å². The highest BCUT2D eigenvalue weighted by molar-refractivity contribution is 6.24. The molecule has 0 saturated heterocycles. The highest BCUT2D eigenvalue weighted by Gasteiger charge is 2.21. The number of benzene rings is 7. The molecule has 0 radical (unpaired) electrons. The van der Waals surface area contributed by atoms with Gasteiger partial charge in [-0.15, -0.1) is 0 Å². The van der Waals surface area contributed by atoms with Gasteiger partial charge in [0.15, 0.2) is 0 Å². The lowest BCUT2D eigenvalue weighted by Gasteiger charge is -2.12. The molecule has 3 aromatic heterocycles. The molecule has 0 unspecified atom stereocenters. The highest BCUT2D eigenvalue weighted by Crippen LogP contribution is 2.43. The molecule has 3 heterocycles. The molecule has 0 amide bonds. The van der Waals surface area contributed by atoms with Gasteiger partial charge in [0.1, 0.15) is 22.3 Å². The van der Waals surface area contributed by atoms with E-state index in [2.05, 4.69) is 126 Å². The Hall–Kier alpha value is -5.80. The fourth-order valence-corrected chi connectivity index (χ4v) is 7.03. The van der Waals surface area contributed by atoms with Crippen LogP contribution in [0.15, 0.2) is 148 Å². The van der Waals surface area contributed by atoms with Crippen molar-refractivity contribution in [1.29, 1.82) is 0 Å². The van der Waals surface area contributed by atoms with E-state index in [1.165, 1.54) is 16.2 Å². The first-order valence-corrected chi connectivity index (χ1v) is 14.6. The number of furan rings is 2. The molecule has 0 aliphatic carbocycles. The Balaban J connectivity index is 1.35. The summed E-state index contributed by atoms with van der Waals surface area (Å²) in [5, 5.41) is 9.23. The fraction of sp³-hybridized carbons (Fsp3) is 0. The first-order valence-electron chi connectivity index (χ1n) is 14.6. The zero-order valence-corrected chi connectivity index (χ0v) is 23.0. The predicted molar refractivity (Wildman–Crippen MR) is 178 cm³/mol. The number of hydrogen-bond acceptors (Lipinski definition) is 2. The maximum absolute atomic E-state index is 6.56. The minimum absolute atomic E-state index is 0.892. The van der Waals surface area contributed by atoms with Gasteiger partial charge in [-0.25, -0.2) is 0 Å². The second-order valence-corrected chi connectivity index (χ2v) is 11.3. The van der Waals surface area contributed by atoms with Gasteiger partial charge in [0.05, 0.1) is 16.4 Å². The lowest BCUT2D eigenvalue weighted by Crippen LogP contribution is -1.95. The van der Waals surface area contributed by atoms with Crippen LogP contribution in [0.25, 0.3) is 93.3 Å². The van der Waals surface area contributed by atoms with Crippen LogP contribution in [0.3, 0.4) is 0 Å². The van der Waals surface area contributed by atoms with Crippen LogP contribution in [0.5, 0.6) is 0 Å². The van der Waals surface area contributed by atoms with Crippen molar-refractivity contribution in [1.82, 2.24) is 4.57 Å². The van der Waals surface area contributed by atoms with E-state index >= 15 is 0 Å².